The number of amides is 1. The van der Waals surface area contributed by atoms with Crippen molar-refractivity contribution in [1.29, 1.82) is 0 Å². The van der Waals surface area contributed by atoms with Gasteiger partial charge in [0.2, 0.25) is 0 Å². The summed E-state index contributed by atoms with van der Waals surface area (Å²) in [7, 11) is 0. The van der Waals surface area contributed by atoms with Crippen LogP contribution in [0.1, 0.15) is 48.5 Å². The first-order chi connectivity index (χ1) is 18.5. The van der Waals surface area contributed by atoms with Gasteiger partial charge in [0.15, 0.2) is 0 Å². The van der Waals surface area contributed by atoms with Crippen molar-refractivity contribution in [3.8, 4) is 11.5 Å². The molecule has 1 amide bonds. The number of nitrogens with one attached hydrogen (secondary N) is 1. The Bertz CT molecular complexity index is 1310. The quantitative estimate of drug-likeness (QED) is 0.210. The highest BCUT2D eigenvalue weighted by Crippen LogP contribution is 2.33. The molecular weight excluding hydrogens is 535 g/mol. The first-order valence-corrected chi connectivity index (χ1v) is 12.7. The first-order valence-electron chi connectivity index (χ1n) is 12.3. The van der Waals surface area contributed by atoms with Crippen LogP contribution in [-0.4, -0.2) is 29.4 Å². The number of halogens is 4. The van der Waals surface area contributed by atoms with Gasteiger partial charge >= 0.3 is 12.3 Å². The van der Waals surface area contributed by atoms with E-state index in [9.17, 15) is 27.9 Å². The van der Waals surface area contributed by atoms with Crippen LogP contribution in [0.3, 0.4) is 0 Å². The molecule has 3 aromatic rings. The molecule has 0 heterocycles. The van der Waals surface area contributed by atoms with Gasteiger partial charge in [-0.15, -0.1) is 19.8 Å². The second-order valence-electron chi connectivity index (χ2n) is 9.03. The molecule has 0 saturated carbocycles. The molecule has 208 valence electrons. The molecule has 39 heavy (non-hydrogen) atoms. The summed E-state index contributed by atoms with van der Waals surface area (Å²) in [4.78, 5) is 25.2. The van der Waals surface area contributed by atoms with E-state index in [1.165, 1.54) is 18.2 Å². The van der Waals surface area contributed by atoms with Gasteiger partial charge in [0.05, 0.1) is 5.56 Å². The minimum absolute atomic E-state index is 0.0830. The number of carboxylic acid groups (broad SMARTS) is 1. The summed E-state index contributed by atoms with van der Waals surface area (Å²) in [6, 6.07) is 12.3. The van der Waals surface area contributed by atoms with Gasteiger partial charge in [0, 0.05) is 10.4 Å². The maximum absolute atomic E-state index is 13.3. The van der Waals surface area contributed by atoms with Crippen LogP contribution in [0.25, 0.3) is 10.8 Å². The smallest absolute Gasteiger partial charge is 0.487 e. The zero-order chi connectivity index (χ0) is 28.6. The second kappa shape index (κ2) is 13.4. The number of ether oxygens (including phenoxy) is 2. The summed E-state index contributed by atoms with van der Waals surface area (Å²) in [5, 5.41) is 14.0. The molecule has 0 bridgehead atoms. The van der Waals surface area contributed by atoms with Gasteiger partial charge in [-0.3, -0.25) is 4.79 Å². The molecule has 0 aliphatic heterocycles. The number of alkyl halides is 3. The van der Waals surface area contributed by atoms with Gasteiger partial charge in [-0.05, 0) is 66.5 Å². The van der Waals surface area contributed by atoms with Crippen molar-refractivity contribution in [2.45, 2.75) is 51.6 Å². The lowest BCUT2D eigenvalue weighted by Crippen LogP contribution is -2.41. The summed E-state index contributed by atoms with van der Waals surface area (Å²) < 4.78 is 47.3. The van der Waals surface area contributed by atoms with E-state index in [0.29, 0.717) is 22.4 Å². The Morgan fingerprint density at radius 3 is 2.41 bits per heavy atom. The number of hydrogen-bond acceptors (Lipinski definition) is 4. The van der Waals surface area contributed by atoms with Crippen LogP contribution in [0.4, 0.5) is 13.2 Å². The van der Waals surface area contributed by atoms with E-state index in [1.54, 1.807) is 30.3 Å². The Morgan fingerprint density at radius 2 is 1.79 bits per heavy atom. The Balaban J connectivity index is 1.85. The van der Waals surface area contributed by atoms with Crippen molar-refractivity contribution < 1.29 is 37.3 Å². The number of carbonyl (C=O) groups is 2. The fourth-order valence-corrected chi connectivity index (χ4v) is 4.33. The highest BCUT2D eigenvalue weighted by molar-refractivity contribution is 6.31. The van der Waals surface area contributed by atoms with Gasteiger partial charge in [-0.25, -0.2) is 4.79 Å². The van der Waals surface area contributed by atoms with Gasteiger partial charge in [-0.1, -0.05) is 55.3 Å². The van der Waals surface area contributed by atoms with E-state index in [-0.39, 0.29) is 36.0 Å². The third-order valence-corrected chi connectivity index (χ3v) is 6.50. The molecule has 3 aromatic carbocycles. The fraction of sp³-hybridized carbons (Fsp3) is 0.310. The molecule has 10 heteroatoms. The van der Waals surface area contributed by atoms with E-state index in [4.69, 9.17) is 16.3 Å². The van der Waals surface area contributed by atoms with Crippen molar-refractivity contribution in [1.82, 2.24) is 5.32 Å². The summed E-state index contributed by atoms with van der Waals surface area (Å²) >= 11 is 6.20. The summed E-state index contributed by atoms with van der Waals surface area (Å²) in [5.74, 6) is -1.73. The van der Waals surface area contributed by atoms with E-state index in [0.717, 1.165) is 30.4 Å². The molecule has 0 radical (unpaired) electrons. The van der Waals surface area contributed by atoms with Crippen LogP contribution >= 0.6 is 11.6 Å². The third kappa shape index (κ3) is 8.64. The largest absolute Gasteiger partial charge is 0.573 e. The van der Waals surface area contributed by atoms with Gasteiger partial charge in [0.1, 0.15) is 24.1 Å². The summed E-state index contributed by atoms with van der Waals surface area (Å²) in [6.45, 7) is 5.67. The van der Waals surface area contributed by atoms with E-state index in [1.807, 2.05) is 6.92 Å². The van der Waals surface area contributed by atoms with Crippen molar-refractivity contribution in [3.63, 3.8) is 0 Å². The Hall–Kier alpha value is -3.72. The normalized spacial score (nSPS) is 12.9. The lowest BCUT2D eigenvalue weighted by atomic mass is 9.94. The molecule has 3 rings (SSSR count). The molecule has 0 aliphatic rings. The topological polar surface area (TPSA) is 84.9 Å². The van der Waals surface area contributed by atoms with Crippen molar-refractivity contribution in [3.05, 3.63) is 83.4 Å². The monoisotopic (exact) mass is 563 g/mol. The molecule has 0 spiro atoms. The lowest BCUT2D eigenvalue weighted by molar-refractivity contribution is -0.274. The van der Waals surface area contributed by atoms with Crippen LogP contribution in [-0.2, 0) is 11.4 Å². The molecule has 0 aromatic heterocycles. The molecule has 0 aliphatic carbocycles. The number of aliphatic carboxylic acids is 1. The van der Waals surface area contributed by atoms with Crippen LogP contribution in [0.15, 0.2) is 67.3 Å². The fourth-order valence-electron chi connectivity index (χ4n) is 4.16. The molecular formula is C29H29ClF3NO5. The first kappa shape index (κ1) is 29.8. The molecule has 0 fully saturated rings. The minimum Gasteiger partial charge on any atom is -0.487 e. The number of allylic oxidation sites excluding steroid dienone is 1. The maximum atomic E-state index is 13.3. The Morgan fingerprint density at radius 1 is 1.10 bits per heavy atom. The number of hydrogen-bond donors (Lipinski definition) is 2. The standard InChI is InChI=1S/C29H29ClF3NO5/c1-3-5-18(4-2)8-15-25(28(36)37)34-27(35)23-14-10-20-9-11-21(30)16-24(20)26(23)38-17-19-6-12-22(13-7-19)39-29(31,32)33/h3,6-7,9-14,16,18,25H,1,4-5,8,15,17H2,2H3,(H,34,35)(H,36,37)/t18?,25-/m0/s1. The van der Waals surface area contributed by atoms with Crippen molar-refractivity contribution >= 4 is 34.2 Å². The van der Waals surface area contributed by atoms with Gasteiger partial charge < -0.3 is 19.9 Å². The summed E-state index contributed by atoms with van der Waals surface area (Å²) in [6.07, 6.45) is -0.551. The predicted molar refractivity (Wildman–Crippen MR) is 143 cm³/mol. The van der Waals surface area contributed by atoms with Gasteiger partial charge in [0.25, 0.3) is 5.91 Å². The van der Waals surface area contributed by atoms with Crippen LogP contribution in [0.5, 0.6) is 11.5 Å². The lowest BCUT2D eigenvalue weighted by Gasteiger charge is -2.20. The molecule has 0 saturated heterocycles. The molecule has 2 atom stereocenters. The molecule has 2 N–H and O–H groups in total. The predicted octanol–water partition coefficient (Wildman–Crippen LogP) is 7.54. The average Bonchev–Trinajstić information content (AvgIpc) is 2.88. The van der Waals surface area contributed by atoms with Crippen molar-refractivity contribution in [2.75, 3.05) is 0 Å². The van der Waals surface area contributed by atoms with E-state index < -0.39 is 24.3 Å². The van der Waals surface area contributed by atoms with E-state index in [2.05, 4.69) is 16.6 Å². The molecule has 6 nitrogen and oxygen atoms in total. The Kier molecular flexibility index (Phi) is 10.2. The highest BCUT2D eigenvalue weighted by Gasteiger charge is 2.31. The highest BCUT2D eigenvalue weighted by atomic mass is 35.5. The zero-order valence-corrected chi connectivity index (χ0v) is 22.0. The zero-order valence-electron chi connectivity index (χ0n) is 21.3. The number of rotatable bonds is 13. The van der Waals surface area contributed by atoms with E-state index >= 15 is 0 Å². The van der Waals surface area contributed by atoms with Gasteiger partial charge in [-0.2, -0.15) is 0 Å². The SMILES string of the molecule is C=CCC(CC)CC[C@H](NC(=O)c1ccc2ccc(Cl)cc2c1OCc1ccc(OC(F)(F)F)cc1)C(=O)O. The number of carbonyl (C=O) groups excluding carboxylic acids is 1. The Labute approximate surface area is 229 Å². The van der Waals surface area contributed by atoms with Crippen molar-refractivity contribution in [2.24, 2.45) is 5.92 Å². The number of fused-ring (bicyclic) bond motifs is 1. The van der Waals surface area contributed by atoms with Crippen LogP contribution in [0.2, 0.25) is 5.02 Å². The number of benzene rings is 3. The van der Waals surface area contributed by atoms with Crippen LogP contribution < -0.4 is 14.8 Å². The molecule has 1 unspecified atom stereocenters. The van der Waals surface area contributed by atoms with Crippen LogP contribution in [0, 0.1) is 5.92 Å². The number of carboxylic acids is 1. The third-order valence-electron chi connectivity index (χ3n) is 6.26. The summed E-state index contributed by atoms with van der Waals surface area (Å²) in [5.41, 5.74) is 0.623. The maximum Gasteiger partial charge on any atom is 0.573 e. The average molecular weight is 564 g/mol. The minimum atomic E-state index is -4.81. The second-order valence-corrected chi connectivity index (χ2v) is 9.46.